The summed E-state index contributed by atoms with van der Waals surface area (Å²) in [6.07, 6.45) is 4.08. The van der Waals surface area contributed by atoms with E-state index < -0.39 is 0 Å². The minimum Gasteiger partial charge on any atom is -0.350 e. The second kappa shape index (κ2) is 5.81. The molecule has 2 nitrogen and oxygen atoms in total. The average Bonchev–Trinajstić information content (AvgIpc) is 2.82. The van der Waals surface area contributed by atoms with E-state index in [9.17, 15) is 0 Å². The maximum absolute atomic E-state index is 3.49. The Hall–Kier alpha value is -0.930. The van der Waals surface area contributed by atoms with Gasteiger partial charge in [-0.05, 0) is 56.2 Å². The van der Waals surface area contributed by atoms with Crippen LogP contribution in [-0.4, -0.2) is 23.8 Å². The van der Waals surface area contributed by atoms with Crippen LogP contribution in [0.1, 0.15) is 19.3 Å². The summed E-state index contributed by atoms with van der Waals surface area (Å²) >= 11 is 1.96. The number of benzene rings is 1. The van der Waals surface area contributed by atoms with Crippen LogP contribution in [0.15, 0.2) is 35.4 Å². The highest BCUT2D eigenvalue weighted by Crippen LogP contribution is 2.25. The molecule has 0 amide bonds. The maximum atomic E-state index is 3.49. The standard InChI is InChI=1S/C15H20N2S/c1-2-6-14-13(5-1)10-15(17-14)18-9-7-12-4-3-8-16-11-12/h1-2,5-6,10,12,16-17H,3-4,7-9,11H2. The van der Waals surface area contributed by atoms with Crippen molar-refractivity contribution in [2.24, 2.45) is 5.92 Å². The van der Waals surface area contributed by atoms with E-state index in [1.807, 2.05) is 11.8 Å². The number of aromatic nitrogens is 1. The molecule has 2 N–H and O–H groups in total. The maximum Gasteiger partial charge on any atom is 0.0732 e. The zero-order valence-corrected chi connectivity index (χ0v) is 11.4. The van der Waals surface area contributed by atoms with Gasteiger partial charge in [0.1, 0.15) is 0 Å². The highest BCUT2D eigenvalue weighted by molar-refractivity contribution is 7.99. The Bertz CT molecular complexity index is 467. The number of piperidine rings is 1. The van der Waals surface area contributed by atoms with Gasteiger partial charge in [0.05, 0.1) is 5.03 Å². The van der Waals surface area contributed by atoms with Gasteiger partial charge in [-0.3, -0.25) is 0 Å². The van der Waals surface area contributed by atoms with E-state index in [2.05, 4.69) is 40.6 Å². The zero-order valence-electron chi connectivity index (χ0n) is 10.6. The third kappa shape index (κ3) is 2.90. The zero-order chi connectivity index (χ0) is 12.2. The van der Waals surface area contributed by atoms with Crippen LogP contribution < -0.4 is 5.32 Å². The number of rotatable bonds is 4. The first kappa shape index (κ1) is 12.1. The van der Waals surface area contributed by atoms with E-state index >= 15 is 0 Å². The Balaban J connectivity index is 1.53. The van der Waals surface area contributed by atoms with Gasteiger partial charge in [0.2, 0.25) is 0 Å². The molecule has 0 bridgehead atoms. The lowest BCUT2D eigenvalue weighted by atomic mass is 9.97. The number of H-pyrrole nitrogens is 1. The minimum atomic E-state index is 0.885. The van der Waals surface area contributed by atoms with Gasteiger partial charge in [0.15, 0.2) is 0 Å². The molecule has 1 atom stereocenters. The molecule has 0 aliphatic carbocycles. The van der Waals surface area contributed by atoms with Gasteiger partial charge in [-0.15, -0.1) is 11.8 Å². The largest absolute Gasteiger partial charge is 0.350 e. The van der Waals surface area contributed by atoms with E-state index in [4.69, 9.17) is 0 Å². The molecule has 0 saturated carbocycles. The predicted molar refractivity (Wildman–Crippen MR) is 79.2 cm³/mol. The van der Waals surface area contributed by atoms with Crippen molar-refractivity contribution in [1.82, 2.24) is 10.3 Å². The van der Waals surface area contributed by atoms with Crippen LogP contribution in [0.4, 0.5) is 0 Å². The molecule has 96 valence electrons. The molecule has 1 fully saturated rings. The fourth-order valence-electron chi connectivity index (χ4n) is 2.63. The summed E-state index contributed by atoms with van der Waals surface area (Å²) in [7, 11) is 0. The molecular weight excluding hydrogens is 240 g/mol. The summed E-state index contributed by atoms with van der Waals surface area (Å²) in [4.78, 5) is 3.48. The lowest BCUT2D eigenvalue weighted by Crippen LogP contribution is -2.29. The topological polar surface area (TPSA) is 27.8 Å². The Kier molecular flexibility index (Phi) is 3.91. The fourth-order valence-corrected chi connectivity index (χ4v) is 3.69. The molecule has 2 aromatic rings. The Morgan fingerprint density at radius 2 is 2.22 bits per heavy atom. The normalized spacial score (nSPS) is 20.3. The van der Waals surface area contributed by atoms with Crippen molar-refractivity contribution < 1.29 is 0 Å². The summed E-state index contributed by atoms with van der Waals surface area (Å²) in [5, 5.41) is 6.11. The molecular formula is C15H20N2S. The minimum absolute atomic E-state index is 0.885. The number of thioether (sulfide) groups is 1. The Labute approximate surface area is 113 Å². The third-order valence-electron chi connectivity index (χ3n) is 3.69. The van der Waals surface area contributed by atoms with E-state index in [-0.39, 0.29) is 0 Å². The first-order chi connectivity index (χ1) is 8.92. The fraction of sp³-hybridized carbons (Fsp3) is 0.467. The van der Waals surface area contributed by atoms with Crippen LogP contribution in [-0.2, 0) is 0 Å². The summed E-state index contributed by atoms with van der Waals surface area (Å²) in [5.41, 5.74) is 1.25. The number of hydrogen-bond donors (Lipinski definition) is 2. The van der Waals surface area contributed by atoms with Crippen molar-refractivity contribution in [2.75, 3.05) is 18.8 Å². The molecule has 3 rings (SSSR count). The van der Waals surface area contributed by atoms with Gasteiger partial charge >= 0.3 is 0 Å². The van der Waals surface area contributed by atoms with Gasteiger partial charge < -0.3 is 10.3 Å². The lowest BCUT2D eigenvalue weighted by Gasteiger charge is -2.22. The molecule has 1 unspecified atom stereocenters. The highest BCUT2D eigenvalue weighted by Gasteiger charge is 2.12. The first-order valence-electron chi connectivity index (χ1n) is 6.83. The van der Waals surface area contributed by atoms with Crippen LogP contribution in [0.5, 0.6) is 0 Å². The first-order valence-corrected chi connectivity index (χ1v) is 7.81. The van der Waals surface area contributed by atoms with Gasteiger partial charge in [0.25, 0.3) is 0 Å². The average molecular weight is 260 g/mol. The summed E-state index contributed by atoms with van der Waals surface area (Å²) in [6.45, 7) is 2.43. The quantitative estimate of drug-likeness (QED) is 0.821. The molecule has 1 saturated heterocycles. The molecule has 2 heterocycles. The van der Waals surface area contributed by atoms with E-state index in [0.29, 0.717) is 0 Å². The lowest BCUT2D eigenvalue weighted by molar-refractivity contribution is 0.371. The van der Waals surface area contributed by atoms with Crippen LogP contribution in [0.2, 0.25) is 0 Å². The number of fused-ring (bicyclic) bond motifs is 1. The van der Waals surface area contributed by atoms with Crippen LogP contribution in [0.3, 0.4) is 0 Å². The van der Waals surface area contributed by atoms with Crippen molar-refractivity contribution >= 4 is 22.7 Å². The van der Waals surface area contributed by atoms with Crippen LogP contribution >= 0.6 is 11.8 Å². The van der Waals surface area contributed by atoms with Crippen LogP contribution in [0, 0.1) is 5.92 Å². The second-order valence-electron chi connectivity index (χ2n) is 5.07. The Morgan fingerprint density at radius 3 is 3.06 bits per heavy atom. The van der Waals surface area contributed by atoms with Gasteiger partial charge in [-0.25, -0.2) is 0 Å². The highest BCUT2D eigenvalue weighted by atomic mass is 32.2. The molecule has 1 aliphatic rings. The van der Waals surface area contributed by atoms with Crippen molar-refractivity contribution in [3.8, 4) is 0 Å². The van der Waals surface area contributed by atoms with Crippen LogP contribution in [0.25, 0.3) is 10.9 Å². The molecule has 1 aromatic carbocycles. The van der Waals surface area contributed by atoms with E-state index in [1.54, 1.807) is 0 Å². The van der Waals surface area contributed by atoms with Gasteiger partial charge in [-0.2, -0.15) is 0 Å². The number of hydrogen-bond acceptors (Lipinski definition) is 2. The third-order valence-corrected chi connectivity index (χ3v) is 4.66. The summed E-state index contributed by atoms with van der Waals surface area (Å²) in [6, 6.07) is 10.8. The smallest absolute Gasteiger partial charge is 0.0732 e. The molecule has 18 heavy (non-hydrogen) atoms. The Morgan fingerprint density at radius 1 is 1.28 bits per heavy atom. The molecule has 1 aliphatic heterocycles. The van der Waals surface area contributed by atoms with Crippen molar-refractivity contribution in [3.63, 3.8) is 0 Å². The molecule has 3 heteroatoms. The van der Waals surface area contributed by atoms with E-state index in [1.165, 1.54) is 54.0 Å². The molecule has 0 spiro atoms. The molecule has 0 radical (unpaired) electrons. The van der Waals surface area contributed by atoms with Gasteiger partial charge in [0, 0.05) is 10.9 Å². The van der Waals surface area contributed by atoms with Crippen molar-refractivity contribution in [3.05, 3.63) is 30.3 Å². The monoisotopic (exact) mass is 260 g/mol. The van der Waals surface area contributed by atoms with Gasteiger partial charge in [-0.1, -0.05) is 18.2 Å². The predicted octanol–water partition coefficient (Wildman–Crippen LogP) is 3.65. The van der Waals surface area contributed by atoms with Crippen molar-refractivity contribution in [2.45, 2.75) is 24.3 Å². The second-order valence-corrected chi connectivity index (χ2v) is 6.21. The number of para-hydroxylation sites is 1. The number of nitrogens with one attached hydrogen (secondary N) is 2. The SMILES string of the molecule is c1ccc2[nH]c(SCCC3CCCNC3)cc2c1. The van der Waals surface area contributed by atoms with Crippen molar-refractivity contribution in [1.29, 1.82) is 0 Å². The molecule has 1 aromatic heterocycles. The number of aromatic amines is 1. The summed E-state index contributed by atoms with van der Waals surface area (Å²) in [5.74, 6) is 2.11. The summed E-state index contributed by atoms with van der Waals surface area (Å²) < 4.78 is 0. The van der Waals surface area contributed by atoms with E-state index in [0.717, 1.165) is 5.92 Å².